The molecule has 0 nitrogen and oxygen atoms in total. The average Bonchev–Trinajstić information content (AvgIpc) is 2.13. The normalized spacial score (nSPS) is 6.08. The quantitative estimate of drug-likeness (QED) is 0.626. The van der Waals surface area contributed by atoms with E-state index < -0.39 is 0 Å². The summed E-state index contributed by atoms with van der Waals surface area (Å²) in [6, 6.07) is 9.97. The summed E-state index contributed by atoms with van der Waals surface area (Å²) in [5.41, 5.74) is 0. The molecule has 0 fully saturated rings. The van der Waals surface area contributed by atoms with Crippen molar-refractivity contribution in [3.05, 3.63) is 41.7 Å². The fraction of sp³-hybridized carbons (Fsp3) is 0.300. The largest absolute Gasteiger partial charge is 0.346 e. The molecule has 0 heterocycles. The van der Waals surface area contributed by atoms with Crippen LogP contribution in [0.15, 0.2) is 34.8 Å². The van der Waals surface area contributed by atoms with Gasteiger partial charge in [-0.1, -0.05) is 48.0 Å². The van der Waals surface area contributed by atoms with Gasteiger partial charge in [0.2, 0.25) is 0 Å². The minimum Gasteiger partial charge on any atom is -0.346 e. The minimum absolute atomic E-state index is 0. The summed E-state index contributed by atoms with van der Waals surface area (Å²) >= 11 is 3.31. The molecule has 1 rings (SSSR count). The van der Waals surface area contributed by atoms with Crippen molar-refractivity contribution >= 4 is 15.9 Å². The molecule has 1 aromatic rings. The Morgan fingerprint density at radius 1 is 1.00 bits per heavy atom. The summed E-state index contributed by atoms with van der Waals surface area (Å²) in [5.74, 6) is 0. The van der Waals surface area contributed by atoms with Crippen molar-refractivity contribution < 1.29 is 32.7 Å². The maximum Gasteiger partial charge on any atom is 0.0175 e. The van der Waals surface area contributed by atoms with E-state index in [0.717, 1.165) is 4.47 Å². The molecule has 0 aromatic heterocycles. The molecule has 1 aromatic carbocycles. The van der Waals surface area contributed by atoms with Crippen molar-refractivity contribution in [2.45, 2.75) is 20.8 Å². The molecule has 0 N–H and O–H groups in total. The van der Waals surface area contributed by atoms with Gasteiger partial charge in [0.15, 0.2) is 0 Å². The molecule has 12 heavy (non-hydrogen) atoms. The number of hydrogen-bond acceptors (Lipinski definition) is 0. The second kappa shape index (κ2) is 17.8. The Labute approximate surface area is 110 Å². The number of rotatable bonds is 0. The van der Waals surface area contributed by atoms with Gasteiger partial charge in [0.05, 0.1) is 0 Å². The summed E-state index contributed by atoms with van der Waals surface area (Å²) in [4.78, 5) is 0. The van der Waals surface area contributed by atoms with Crippen molar-refractivity contribution in [3.63, 3.8) is 0 Å². The molecule has 0 aliphatic carbocycles. The van der Waals surface area contributed by atoms with Gasteiger partial charge in [0.25, 0.3) is 0 Å². The van der Waals surface area contributed by atoms with Crippen LogP contribution >= 0.6 is 15.9 Å². The minimum atomic E-state index is 0. The van der Waals surface area contributed by atoms with Gasteiger partial charge < -0.3 is 6.92 Å². The first kappa shape index (κ1) is 18.6. The molecule has 0 aliphatic rings. The monoisotopic (exact) mass is 304 g/mol. The third-order valence-corrected chi connectivity index (χ3v) is 1.26. The number of benzene rings is 1. The van der Waals surface area contributed by atoms with Crippen molar-refractivity contribution in [1.82, 2.24) is 0 Å². The molecule has 0 unspecified atom stereocenters. The fourth-order valence-electron chi connectivity index (χ4n) is 0.415. The number of hydrogen-bond donors (Lipinski definition) is 0. The molecule has 67 valence electrons. The SMILES string of the molecule is Brc1ccccc1.CC.[CH2-]C.[Y]. The fourth-order valence-corrected chi connectivity index (χ4v) is 0.720. The Bertz CT molecular complexity index is 140. The van der Waals surface area contributed by atoms with Crippen LogP contribution in [-0.4, -0.2) is 0 Å². The van der Waals surface area contributed by atoms with E-state index in [1.54, 1.807) is 6.92 Å². The summed E-state index contributed by atoms with van der Waals surface area (Å²) in [7, 11) is 0. The van der Waals surface area contributed by atoms with E-state index in [2.05, 4.69) is 22.9 Å². The van der Waals surface area contributed by atoms with Crippen LogP contribution in [0.1, 0.15) is 20.8 Å². The Kier molecular flexibility index (Phi) is 27.5. The molecule has 2 heteroatoms. The van der Waals surface area contributed by atoms with Gasteiger partial charge in [-0.25, -0.2) is 0 Å². The van der Waals surface area contributed by atoms with Gasteiger partial charge in [0.1, 0.15) is 0 Å². The smallest absolute Gasteiger partial charge is 0.0175 e. The van der Waals surface area contributed by atoms with Crippen LogP contribution in [0.4, 0.5) is 0 Å². The zero-order valence-electron chi connectivity index (χ0n) is 8.05. The van der Waals surface area contributed by atoms with Crippen LogP contribution < -0.4 is 0 Å². The maximum atomic E-state index is 3.31. The van der Waals surface area contributed by atoms with Crippen LogP contribution in [0.2, 0.25) is 0 Å². The van der Waals surface area contributed by atoms with E-state index in [-0.39, 0.29) is 32.7 Å². The van der Waals surface area contributed by atoms with Gasteiger partial charge >= 0.3 is 0 Å². The van der Waals surface area contributed by atoms with Crippen LogP contribution in [0, 0.1) is 6.92 Å². The Hall–Kier alpha value is 0.804. The second-order valence-corrected chi connectivity index (χ2v) is 2.21. The third kappa shape index (κ3) is 13.4. The standard InChI is InChI=1S/C6H5Br.C2H6.C2H5.Y/c7-6-4-2-1-3-5-6;2*1-2;/h1-5H;1-2H3;1H2,2H3;/q;;-1;. The first-order chi connectivity index (χ1) is 5.39. The molecular weight excluding hydrogens is 289 g/mol. The second-order valence-electron chi connectivity index (χ2n) is 1.30. The van der Waals surface area contributed by atoms with Crippen LogP contribution in [-0.2, 0) is 32.7 Å². The predicted molar refractivity (Wildman–Crippen MR) is 56.5 cm³/mol. The van der Waals surface area contributed by atoms with Crippen molar-refractivity contribution in [1.29, 1.82) is 0 Å². The van der Waals surface area contributed by atoms with Gasteiger partial charge in [-0.15, -0.1) is 0 Å². The molecule has 1 radical (unpaired) electrons. The summed E-state index contributed by atoms with van der Waals surface area (Å²) < 4.78 is 1.13. The summed E-state index contributed by atoms with van der Waals surface area (Å²) in [6.45, 7) is 9.00. The van der Waals surface area contributed by atoms with Crippen LogP contribution in [0.3, 0.4) is 0 Å². The molecule has 0 spiro atoms. The van der Waals surface area contributed by atoms with Crippen molar-refractivity contribution in [3.8, 4) is 0 Å². The predicted octanol–water partition coefficient (Wildman–Crippen LogP) is 4.31. The summed E-state index contributed by atoms with van der Waals surface area (Å²) in [5, 5.41) is 0. The zero-order chi connectivity index (χ0) is 9.11. The van der Waals surface area contributed by atoms with Gasteiger partial charge in [-0.2, -0.15) is 6.92 Å². The van der Waals surface area contributed by atoms with Gasteiger partial charge in [-0.05, 0) is 12.1 Å². The van der Waals surface area contributed by atoms with E-state index in [4.69, 9.17) is 0 Å². The van der Waals surface area contributed by atoms with E-state index >= 15 is 0 Å². The molecular formula is C10H16BrY-. The Morgan fingerprint density at radius 2 is 1.33 bits per heavy atom. The molecule has 0 bridgehead atoms. The van der Waals surface area contributed by atoms with E-state index in [1.165, 1.54) is 0 Å². The van der Waals surface area contributed by atoms with E-state index in [1.807, 2.05) is 44.2 Å². The van der Waals surface area contributed by atoms with Crippen LogP contribution in [0.5, 0.6) is 0 Å². The molecule has 0 atom stereocenters. The first-order valence-corrected chi connectivity index (χ1v) is 4.60. The molecule has 0 amide bonds. The Balaban J connectivity index is -0.000000144. The third-order valence-electron chi connectivity index (χ3n) is 0.733. The summed E-state index contributed by atoms with van der Waals surface area (Å²) in [6.07, 6.45) is 0. The average molecular weight is 305 g/mol. The Morgan fingerprint density at radius 3 is 1.50 bits per heavy atom. The van der Waals surface area contributed by atoms with Crippen LogP contribution in [0.25, 0.3) is 0 Å². The molecule has 0 aliphatic heterocycles. The number of halogens is 1. The molecule has 0 saturated carbocycles. The topological polar surface area (TPSA) is 0 Å². The molecule has 0 saturated heterocycles. The van der Waals surface area contributed by atoms with E-state index in [0.29, 0.717) is 0 Å². The maximum absolute atomic E-state index is 3.31. The van der Waals surface area contributed by atoms with E-state index in [9.17, 15) is 0 Å². The van der Waals surface area contributed by atoms with Crippen molar-refractivity contribution in [2.24, 2.45) is 0 Å². The first-order valence-electron chi connectivity index (χ1n) is 3.81. The zero-order valence-corrected chi connectivity index (χ0v) is 12.5. The van der Waals surface area contributed by atoms with Crippen molar-refractivity contribution in [2.75, 3.05) is 0 Å². The van der Waals surface area contributed by atoms with Gasteiger partial charge in [-0.3, -0.25) is 0 Å². The van der Waals surface area contributed by atoms with Gasteiger partial charge in [0, 0.05) is 37.2 Å².